The number of halogens is 1. The molecule has 0 aromatic heterocycles. The number of nitrogens with zero attached hydrogens (tertiary/aromatic N) is 1. The Morgan fingerprint density at radius 3 is 2.35 bits per heavy atom. The summed E-state index contributed by atoms with van der Waals surface area (Å²) >= 11 is 6.04. The highest BCUT2D eigenvalue weighted by Gasteiger charge is 2.31. The van der Waals surface area contributed by atoms with Crippen LogP contribution in [0.1, 0.15) is 27.7 Å². The number of fused-ring (bicyclic) bond motifs is 1. The van der Waals surface area contributed by atoms with Crippen molar-refractivity contribution in [2.45, 2.75) is 12.6 Å². The smallest absolute Gasteiger partial charge is 0.255 e. The van der Waals surface area contributed by atoms with Crippen molar-refractivity contribution in [3.05, 3.63) is 101 Å². The first-order chi connectivity index (χ1) is 12.7. The third-order valence-corrected chi connectivity index (χ3v) is 4.96. The van der Waals surface area contributed by atoms with Gasteiger partial charge in [0.1, 0.15) is 6.17 Å². The molecule has 1 unspecified atom stereocenters. The Hall–Kier alpha value is -2.78. The van der Waals surface area contributed by atoms with Crippen molar-refractivity contribution in [3.63, 3.8) is 0 Å². The summed E-state index contributed by atoms with van der Waals surface area (Å²) in [4.78, 5) is 14.8. The van der Waals surface area contributed by atoms with E-state index in [4.69, 9.17) is 11.6 Å². The van der Waals surface area contributed by atoms with Crippen LogP contribution in [-0.4, -0.2) is 12.5 Å². The second-order valence-corrected chi connectivity index (χ2v) is 6.81. The first kappa shape index (κ1) is 16.7. The Labute approximate surface area is 158 Å². The summed E-state index contributed by atoms with van der Waals surface area (Å²) in [6.07, 6.45) is 0.688. The Morgan fingerprint density at radius 2 is 1.58 bits per heavy atom. The van der Waals surface area contributed by atoms with Gasteiger partial charge in [0.05, 0.1) is 11.3 Å². The monoisotopic (exact) mass is 362 g/mol. The van der Waals surface area contributed by atoms with Gasteiger partial charge >= 0.3 is 0 Å². The first-order valence-corrected chi connectivity index (χ1v) is 9.06. The molecule has 1 N–H and O–H groups in total. The number of benzene rings is 3. The summed E-state index contributed by atoms with van der Waals surface area (Å²) in [5.74, 6) is -0.0449. The predicted molar refractivity (Wildman–Crippen MR) is 106 cm³/mol. The van der Waals surface area contributed by atoms with Gasteiger partial charge in [-0.15, -0.1) is 0 Å². The van der Waals surface area contributed by atoms with E-state index in [0.29, 0.717) is 10.6 Å². The molecule has 1 aliphatic rings. The lowest BCUT2D eigenvalue weighted by atomic mass is 10.0. The fourth-order valence-electron chi connectivity index (χ4n) is 3.39. The molecule has 0 bridgehead atoms. The molecule has 0 saturated heterocycles. The molecule has 0 radical (unpaired) electrons. The largest absolute Gasteiger partial charge is 0.346 e. The van der Waals surface area contributed by atoms with Gasteiger partial charge in [-0.25, -0.2) is 0 Å². The zero-order valence-electron chi connectivity index (χ0n) is 14.2. The van der Waals surface area contributed by atoms with Gasteiger partial charge in [0, 0.05) is 11.6 Å². The van der Waals surface area contributed by atoms with Crippen molar-refractivity contribution >= 4 is 23.2 Å². The van der Waals surface area contributed by atoms with Gasteiger partial charge in [-0.2, -0.15) is 0 Å². The number of anilines is 1. The van der Waals surface area contributed by atoms with Crippen LogP contribution < -0.4 is 10.2 Å². The summed E-state index contributed by atoms with van der Waals surface area (Å²) < 4.78 is 0. The van der Waals surface area contributed by atoms with Crippen LogP contribution in [0.3, 0.4) is 0 Å². The third-order valence-electron chi connectivity index (χ3n) is 4.71. The average Bonchev–Trinajstić information content (AvgIpc) is 2.69. The molecular formula is C22H19ClN2O. The van der Waals surface area contributed by atoms with Crippen molar-refractivity contribution in [2.75, 3.05) is 11.4 Å². The summed E-state index contributed by atoms with van der Waals surface area (Å²) in [5.41, 5.74) is 3.97. The van der Waals surface area contributed by atoms with Gasteiger partial charge in [-0.3, -0.25) is 4.79 Å². The minimum atomic E-state index is -0.210. The lowest BCUT2D eigenvalue weighted by molar-refractivity contribution is 0.0926. The van der Waals surface area contributed by atoms with E-state index in [0.717, 1.165) is 24.2 Å². The predicted octanol–water partition coefficient (Wildman–Crippen LogP) is 4.83. The van der Waals surface area contributed by atoms with Crippen LogP contribution in [0.5, 0.6) is 0 Å². The summed E-state index contributed by atoms with van der Waals surface area (Å²) in [6.45, 7) is 0.800. The van der Waals surface area contributed by atoms with E-state index in [1.54, 1.807) is 0 Å². The van der Waals surface area contributed by atoms with E-state index in [-0.39, 0.29) is 12.1 Å². The number of carbonyl (C=O) groups excluding carboxylic acids is 1. The van der Waals surface area contributed by atoms with Crippen LogP contribution in [0, 0.1) is 0 Å². The first-order valence-electron chi connectivity index (χ1n) is 8.68. The lowest BCUT2D eigenvalue weighted by Crippen LogP contribution is -2.47. The fourth-order valence-corrected chi connectivity index (χ4v) is 3.51. The van der Waals surface area contributed by atoms with E-state index < -0.39 is 0 Å². The molecule has 1 heterocycles. The van der Waals surface area contributed by atoms with Crippen LogP contribution >= 0.6 is 11.6 Å². The number of hydrogen-bond acceptors (Lipinski definition) is 2. The number of rotatable bonds is 4. The lowest BCUT2D eigenvalue weighted by Gasteiger charge is -2.39. The van der Waals surface area contributed by atoms with E-state index in [1.807, 2.05) is 54.6 Å². The molecule has 0 aliphatic carbocycles. The molecule has 3 nitrogen and oxygen atoms in total. The number of amides is 1. The highest BCUT2D eigenvalue weighted by molar-refractivity contribution is 6.30. The molecule has 4 heteroatoms. The highest BCUT2D eigenvalue weighted by atomic mass is 35.5. The molecule has 1 aliphatic heterocycles. The quantitative estimate of drug-likeness (QED) is 0.720. The maximum absolute atomic E-state index is 12.6. The van der Waals surface area contributed by atoms with Crippen LogP contribution in [0.25, 0.3) is 0 Å². The van der Waals surface area contributed by atoms with Crippen molar-refractivity contribution in [3.8, 4) is 0 Å². The Morgan fingerprint density at radius 1 is 0.885 bits per heavy atom. The number of hydrogen-bond donors (Lipinski definition) is 1. The minimum absolute atomic E-state index is 0.0449. The SMILES string of the molecule is O=C1NC(c2ccc(Cl)cc2)N(CCc2ccccc2)c2ccccc21. The molecule has 0 spiro atoms. The average molecular weight is 363 g/mol. The maximum Gasteiger partial charge on any atom is 0.255 e. The minimum Gasteiger partial charge on any atom is -0.346 e. The van der Waals surface area contributed by atoms with E-state index >= 15 is 0 Å². The van der Waals surface area contributed by atoms with Crippen LogP contribution in [0.15, 0.2) is 78.9 Å². The van der Waals surface area contributed by atoms with Gasteiger partial charge in [-0.05, 0) is 41.8 Å². The van der Waals surface area contributed by atoms with E-state index in [2.05, 4.69) is 34.5 Å². The van der Waals surface area contributed by atoms with Gasteiger partial charge in [0.2, 0.25) is 0 Å². The maximum atomic E-state index is 12.6. The molecule has 0 saturated carbocycles. The summed E-state index contributed by atoms with van der Waals surface area (Å²) in [6, 6.07) is 25.8. The molecule has 1 atom stereocenters. The Balaban J connectivity index is 1.69. The van der Waals surface area contributed by atoms with E-state index in [1.165, 1.54) is 5.56 Å². The summed E-state index contributed by atoms with van der Waals surface area (Å²) in [7, 11) is 0. The second-order valence-electron chi connectivity index (χ2n) is 6.37. The fraction of sp³-hybridized carbons (Fsp3) is 0.136. The standard InChI is InChI=1S/C22H19ClN2O/c23-18-12-10-17(11-13-18)21-24-22(26)19-8-4-5-9-20(19)25(21)15-14-16-6-2-1-3-7-16/h1-13,21H,14-15H2,(H,24,26). The summed E-state index contributed by atoms with van der Waals surface area (Å²) in [5, 5.41) is 3.83. The van der Waals surface area contributed by atoms with Crippen molar-refractivity contribution in [1.82, 2.24) is 5.32 Å². The molecule has 3 aromatic rings. The van der Waals surface area contributed by atoms with Crippen LogP contribution in [0.2, 0.25) is 5.02 Å². The second kappa shape index (κ2) is 7.22. The van der Waals surface area contributed by atoms with Gasteiger partial charge < -0.3 is 10.2 Å². The molecule has 26 heavy (non-hydrogen) atoms. The van der Waals surface area contributed by atoms with Gasteiger partial charge in [0.15, 0.2) is 0 Å². The van der Waals surface area contributed by atoms with Crippen molar-refractivity contribution in [1.29, 1.82) is 0 Å². The number of carbonyl (C=O) groups is 1. The van der Waals surface area contributed by atoms with Crippen molar-refractivity contribution in [2.24, 2.45) is 0 Å². The highest BCUT2D eigenvalue weighted by Crippen LogP contribution is 2.33. The molecule has 3 aromatic carbocycles. The zero-order valence-corrected chi connectivity index (χ0v) is 15.0. The van der Waals surface area contributed by atoms with Crippen LogP contribution in [-0.2, 0) is 6.42 Å². The number of para-hydroxylation sites is 1. The number of nitrogens with one attached hydrogen (secondary N) is 1. The normalized spacial score (nSPS) is 16.1. The molecular weight excluding hydrogens is 344 g/mol. The molecule has 130 valence electrons. The van der Waals surface area contributed by atoms with E-state index in [9.17, 15) is 4.79 Å². The van der Waals surface area contributed by atoms with Gasteiger partial charge in [-0.1, -0.05) is 66.2 Å². The topological polar surface area (TPSA) is 32.3 Å². The molecule has 1 amide bonds. The van der Waals surface area contributed by atoms with Crippen molar-refractivity contribution < 1.29 is 4.79 Å². The Bertz CT molecular complexity index is 909. The molecule has 0 fully saturated rings. The molecule has 4 rings (SSSR count). The van der Waals surface area contributed by atoms with Crippen LogP contribution in [0.4, 0.5) is 5.69 Å². The Kier molecular flexibility index (Phi) is 4.63. The zero-order chi connectivity index (χ0) is 17.9. The third kappa shape index (κ3) is 3.31. The van der Waals surface area contributed by atoms with Gasteiger partial charge in [0.25, 0.3) is 5.91 Å².